The number of carbonyl (C=O) groups is 3. The molecule has 1 aliphatic rings. The number of hydrogen-bond donors (Lipinski definition) is 2. The maximum atomic E-state index is 13.9. The molecule has 216 valence electrons. The molecule has 4 aromatic rings. The molecule has 0 saturated heterocycles. The number of thioether (sulfide) groups is 1. The van der Waals surface area contributed by atoms with E-state index in [2.05, 4.69) is 17.6 Å². The van der Waals surface area contributed by atoms with Gasteiger partial charge in [0.2, 0.25) is 5.91 Å². The first kappa shape index (κ1) is 29.9. The topological polar surface area (TPSA) is 84.5 Å². The van der Waals surface area contributed by atoms with Crippen molar-refractivity contribution in [3.63, 3.8) is 0 Å². The molecule has 0 aliphatic heterocycles. The number of nitrogens with one attached hydrogen (secondary N) is 2. The van der Waals surface area contributed by atoms with Gasteiger partial charge in [-0.1, -0.05) is 61.0 Å². The lowest BCUT2D eigenvalue weighted by Crippen LogP contribution is -2.20. The number of rotatable bonds is 9. The molecule has 0 bridgehead atoms. The summed E-state index contributed by atoms with van der Waals surface area (Å²) in [6.07, 6.45) is 2.67. The lowest BCUT2D eigenvalue weighted by Gasteiger charge is -2.19. The van der Waals surface area contributed by atoms with E-state index in [1.807, 2.05) is 48.5 Å². The molecule has 5 rings (SSSR count). The first-order valence-electron chi connectivity index (χ1n) is 13.8. The minimum absolute atomic E-state index is 0.239. The molecule has 42 heavy (non-hydrogen) atoms. The van der Waals surface area contributed by atoms with Crippen molar-refractivity contribution in [3.05, 3.63) is 111 Å². The van der Waals surface area contributed by atoms with Crippen molar-refractivity contribution in [3.8, 4) is 0 Å². The van der Waals surface area contributed by atoms with Gasteiger partial charge in [-0.25, -0.2) is 4.79 Å². The third-order valence-electron chi connectivity index (χ3n) is 7.00. The third kappa shape index (κ3) is 7.06. The van der Waals surface area contributed by atoms with E-state index in [0.29, 0.717) is 32.8 Å². The second-order valence-electron chi connectivity index (χ2n) is 10.2. The summed E-state index contributed by atoms with van der Waals surface area (Å²) in [7, 11) is 0. The number of anilines is 2. The number of amides is 2. The molecule has 1 heterocycles. The van der Waals surface area contributed by atoms with Gasteiger partial charge in [0.25, 0.3) is 5.91 Å². The first-order valence-corrected chi connectivity index (χ1v) is 15.9. The van der Waals surface area contributed by atoms with E-state index in [-0.39, 0.29) is 18.4 Å². The van der Waals surface area contributed by atoms with E-state index in [0.717, 1.165) is 40.2 Å². The highest BCUT2D eigenvalue weighted by Gasteiger charge is 2.31. The zero-order valence-electron chi connectivity index (χ0n) is 23.3. The molecule has 2 atom stereocenters. The highest BCUT2D eigenvalue weighted by atomic mass is 35.5. The van der Waals surface area contributed by atoms with Crippen molar-refractivity contribution in [2.45, 2.75) is 43.3 Å². The molecule has 2 unspecified atom stereocenters. The Hall–Kier alpha value is -3.59. The Morgan fingerprint density at radius 2 is 1.81 bits per heavy atom. The summed E-state index contributed by atoms with van der Waals surface area (Å²) in [6.45, 7) is 4.25. The average Bonchev–Trinajstić information content (AvgIpc) is 3.33. The molecule has 6 nitrogen and oxygen atoms in total. The number of hydrogen-bond acceptors (Lipinski definition) is 6. The minimum Gasteiger partial charge on any atom is -0.462 e. The molecule has 1 aromatic heterocycles. The summed E-state index contributed by atoms with van der Waals surface area (Å²) in [4.78, 5) is 41.7. The Bertz CT molecular complexity index is 1600. The number of ether oxygens (including phenoxy) is 1. The first-order chi connectivity index (χ1) is 20.3. The summed E-state index contributed by atoms with van der Waals surface area (Å²) >= 11 is 8.90. The monoisotopic (exact) mass is 618 g/mol. The standard InChI is InChI=1S/C33H31ClN2O4S2/c1-3-40-33(39)28-26-16-15-20(2)17-27(26)42-32(28)36-31(38)29(21-9-5-4-6-10-21)41-25-14-8-13-24(19-25)35-30(37)22-11-7-12-23(34)18-22/h4-14,18-20,29H,3,15-17H2,1-2H3,(H,35,37)(H,36,38). The normalized spacial score (nSPS) is 14.9. The van der Waals surface area contributed by atoms with Gasteiger partial charge in [0, 0.05) is 26.0 Å². The van der Waals surface area contributed by atoms with Crippen molar-refractivity contribution < 1.29 is 19.1 Å². The highest BCUT2D eigenvalue weighted by Crippen LogP contribution is 2.42. The lowest BCUT2D eigenvalue weighted by atomic mass is 9.88. The smallest absolute Gasteiger partial charge is 0.341 e. The summed E-state index contributed by atoms with van der Waals surface area (Å²) in [5.74, 6) is -0.392. The molecule has 0 fully saturated rings. The zero-order chi connectivity index (χ0) is 29.6. The molecular formula is C33H31ClN2O4S2. The van der Waals surface area contributed by atoms with Crippen molar-refractivity contribution in [2.24, 2.45) is 5.92 Å². The van der Waals surface area contributed by atoms with E-state index < -0.39 is 11.2 Å². The van der Waals surface area contributed by atoms with Crippen LogP contribution in [0.5, 0.6) is 0 Å². The molecule has 9 heteroatoms. The summed E-state index contributed by atoms with van der Waals surface area (Å²) in [6, 6.07) is 23.6. The lowest BCUT2D eigenvalue weighted by molar-refractivity contribution is -0.115. The van der Waals surface area contributed by atoms with Crippen molar-refractivity contribution in [1.29, 1.82) is 0 Å². The predicted octanol–water partition coefficient (Wildman–Crippen LogP) is 8.43. The Labute approximate surface area is 258 Å². The van der Waals surface area contributed by atoms with Crippen LogP contribution in [-0.4, -0.2) is 24.4 Å². The molecule has 0 radical (unpaired) electrons. The summed E-state index contributed by atoms with van der Waals surface area (Å²) in [5, 5.41) is 6.41. The molecule has 1 aliphatic carbocycles. The molecule has 3 aromatic carbocycles. The van der Waals surface area contributed by atoms with Crippen LogP contribution >= 0.6 is 34.7 Å². The largest absolute Gasteiger partial charge is 0.462 e. The summed E-state index contributed by atoms with van der Waals surface area (Å²) < 4.78 is 5.39. The van der Waals surface area contributed by atoms with Gasteiger partial charge < -0.3 is 15.4 Å². The van der Waals surface area contributed by atoms with E-state index in [1.54, 1.807) is 37.3 Å². The van der Waals surface area contributed by atoms with Gasteiger partial charge in [-0.05, 0) is 79.6 Å². The van der Waals surface area contributed by atoms with Crippen molar-refractivity contribution in [2.75, 3.05) is 17.2 Å². The fraction of sp³-hybridized carbons (Fsp3) is 0.242. The minimum atomic E-state index is -0.613. The predicted molar refractivity (Wildman–Crippen MR) is 171 cm³/mol. The number of esters is 1. The fourth-order valence-electron chi connectivity index (χ4n) is 4.95. The second kappa shape index (κ2) is 13.6. The van der Waals surface area contributed by atoms with Crippen LogP contribution in [0.4, 0.5) is 10.7 Å². The highest BCUT2D eigenvalue weighted by molar-refractivity contribution is 8.00. The SMILES string of the molecule is CCOC(=O)c1c(NC(=O)C(Sc2cccc(NC(=O)c3cccc(Cl)c3)c2)c2ccccc2)sc2c1CCC(C)C2. The molecule has 0 spiro atoms. The van der Waals surface area contributed by atoms with Crippen LogP contribution in [0.25, 0.3) is 0 Å². The Morgan fingerprint density at radius 3 is 2.57 bits per heavy atom. The van der Waals surface area contributed by atoms with Crippen LogP contribution in [0.1, 0.15) is 62.2 Å². The van der Waals surface area contributed by atoms with Gasteiger partial charge in [-0.2, -0.15) is 0 Å². The van der Waals surface area contributed by atoms with Crippen molar-refractivity contribution >= 4 is 63.2 Å². The summed E-state index contributed by atoms with van der Waals surface area (Å²) in [5.41, 5.74) is 3.36. The number of benzene rings is 3. The van der Waals surface area contributed by atoms with Gasteiger partial charge in [0.05, 0.1) is 12.2 Å². The van der Waals surface area contributed by atoms with Gasteiger partial charge in [0.15, 0.2) is 0 Å². The number of carbonyl (C=O) groups excluding carboxylic acids is 3. The Morgan fingerprint density at radius 1 is 1.02 bits per heavy atom. The third-order valence-corrected chi connectivity index (χ3v) is 9.65. The molecule has 2 N–H and O–H groups in total. The van der Waals surface area contributed by atoms with E-state index >= 15 is 0 Å². The van der Waals surface area contributed by atoms with Gasteiger partial charge >= 0.3 is 5.97 Å². The van der Waals surface area contributed by atoms with Crippen LogP contribution in [0.3, 0.4) is 0 Å². The Kier molecular flexibility index (Phi) is 9.67. The average molecular weight is 619 g/mol. The van der Waals surface area contributed by atoms with Gasteiger partial charge in [-0.3, -0.25) is 9.59 Å². The number of thiophene rings is 1. The zero-order valence-corrected chi connectivity index (χ0v) is 25.7. The van der Waals surface area contributed by atoms with E-state index in [1.165, 1.54) is 23.1 Å². The van der Waals surface area contributed by atoms with E-state index in [4.69, 9.17) is 16.3 Å². The van der Waals surface area contributed by atoms with Gasteiger partial charge in [0.1, 0.15) is 10.3 Å². The van der Waals surface area contributed by atoms with Crippen molar-refractivity contribution in [1.82, 2.24) is 0 Å². The van der Waals surface area contributed by atoms with Crippen LogP contribution in [-0.2, 0) is 22.4 Å². The Balaban J connectivity index is 1.41. The quantitative estimate of drug-likeness (QED) is 0.145. The maximum Gasteiger partial charge on any atom is 0.341 e. The van der Waals surface area contributed by atoms with E-state index in [9.17, 15) is 14.4 Å². The van der Waals surface area contributed by atoms with Crippen LogP contribution in [0.2, 0.25) is 5.02 Å². The number of fused-ring (bicyclic) bond motifs is 1. The molecule has 0 saturated carbocycles. The maximum absolute atomic E-state index is 13.9. The number of halogens is 1. The second-order valence-corrected chi connectivity index (χ2v) is 12.9. The van der Waals surface area contributed by atoms with Crippen LogP contribution in [0.15, 0.2) is 83.8 Å². The van der Waals surface area contributed by atoms with Gasteiger partial charge in [-0.15, -0.1) is 23.1 Å². The van der Waals surface area contributed by atoms with Crippen LogP contribution < -0.4 is 10.6 Å². The fourth-order valence-corrected chi connectivity index (χ4v) is 7.63. The molecular weight excluding hydrogens is 588 g/mol. The molecule has 2 amide bonds. The van der Waals surface area contributed by atoms with Crippen LogP contribution in [0, 0.1) is 5.92 Å².